The first kappa shape index (κ1) is 24.1. The Labute approximate surface area is 145 Å². The Morgan fingerprint density at radius 2 is 0.667 bits per heavy atom. The summed E-state index contributed by atoms with van der Waals surface area (Å²) in [5, 5.41) is 0. The summed E-state index contributed by atoms with van der Waals surface area (Å²) < 4.78 is 68.2. The quantitative estimate of drug-likeness (QED) is 0.231. The first-order valence-corrected chi connectivity index (χ1v) is 4.00. The number of hydrogen-bond donors (Lipinski definition) is 0. The van der Waals surface area contributed by atoms with Crippen LogP contribution in [0.1, 0.15) is 0 Å². The van der Waals surface area contributed by atoms with E-state index in [1.807, 2.05) is 0 Å². The third-order valence-corrected chi connectivity index (χ3v) is 0. The predicted molar refractivity (Wildman–Crippen MR) is 20.9 cm³/mol. The molecule has 0 unspecified atom stereocenters. The van der Waals surface area contributed by atoms with Gasteiger partial charge in [-0.05, 0) is 0 Å². The van der Waals surface area contributed by atoms with Gasteiger partial charge in [0.2, 0.25) is 0 Å². The molecule has 65 valence electrons. The summed E-state index contributed by atoms with van der Waals surface area (Å²) in [6.45, 7) is 0. The van der Waals surface area contributed by atoms with E-state index in [1.54, 1.807) is 0 Å². The van der Waals surface area contributed by atoms with Crippen molar-refractivity contribution >= 4 is 20.8 Å². The van der Waals surface area contributed by atoms with Crippen LogP contribution in [0.15, 0.2) is 0 Å². The van der Waals surface area contributed by atoms with Crippen LogP contribution >= 0.6 is 0 Å². The Kier molecular flexibility index (Phi) is 20.7. The van der Waals surface area contributed by atoms with Gasteiger partial charge in [0.1, 0.15) is 0 Å². The van der Waals surface area contributed by atoms with Crippen molar-refractivity contribution in [2.75, 3.05) is 0 Å². The summed E-state index contributed by atoms with van der Waals surface area (Å²) in [7, 11) is -10.3. The van der Waals surface area contributed by atoms with E-state index in [4.69, 9.17) is 35.0 Å². The molecule has 0 aliphatic rings. The van der Waals surface area contributed by atoms with Crippen LogP contribution in [0.5, 0.6) is 0 Å². The van der Waals surface area contributed by atoms with Crippen molar-refractivity contribution in [1.29, 1.82) is 0 Å². The second-order valence-electron chi connectivity index (χ2n) is 0.816. The van der Waals surface area contributed by atoms with Crippen LogP contribution in [-0.4, -0.2) is 35.0 Å². The van der Waals surface area contributed by atoms with Crippen molar-refractivity contribution in [2.45, 2.75) is 0 Å². The van der Waals surface area contributed by atoms with Gasteiger partial charge in [0.05, 0.1) is 0 Å². The van der Waals surface area contributed by atoms with Crippen LogP contribution in [0.4, 0.5) is 0 Å². The summed E-state index contributed by atoms with van der Waals surface area (Å²) >= 11 is 0. The van der Waals surface area contributed by atoms with Gasteiger partial charge in [0.15, 0.2) is 0 Å². The molecule has 12 heavy (non-hydrogen) atoms. The molecular weight excluding hydrogens is 371 g/mol. The molecule has 0 saturated carbocycles. The summed E-state index contributed by atoms with van der Waals surface area (Å²) in [6, 6.07) is 0. The van der Waals surface area contributed by atoms with Crippen molar-refractivity contribution in [3.05, 3.63) is 0 Å². The van der Waals surface area contributed by atoms with Crippen molar-refractivity contribution in [3.8, 4) is 0 Å². The second-order valence-corrected chi connectivity index (χ2v) is 2.45. The molecule has 0 aliphatic carbocycles. The van der Waals surface area contributed by atoms with E-state index in [-0.39, 0.29) is 93.1 Å². The first-order chi connectivity index (χ1) is 4.00. The van der Waals surface area contributed by atoms with E-state index < -0.39 is 20.8 Å². The topological polar surface area (TPSA) is 161 Å². The summed E-state index contributed by atoms with van der Waals surface area (Å²) in [4.78, 5) is 0. The maximum absolute atomic E-state index is 8.52. The molecular formula is CeKO8S2. The SMILES string of the molecule is O=S(=O)([O-])[O-].O=S(=O)([O-])[O-].[Ce+3].[K+]. The third-order valence-electron chi connectivity index (χ3n) is 0. The maximum atomic E-state index is 8.52. The molecule has 0 heterocycles. The van der Waals surface area contributed by atoms with Crippen LogP contribution in [0.2, 0.25) is 0 Å². The molecule has 0 aromatic heterocycles. The molecule has 12 heteroatoms. The van der Waals surface area contributed by atoms with E-state index in [2.05, 4.69) is 0 Å². The van der Waals surface area contributed by atoms with E-state index >= 15 is 0 Å². The van der Waals surface area contributed by atoms with E-state index in [0.717, 1.165) is 0 Å². The summed E-state index contributed by atoms with van der Waals surface area (Å²) in [5.74, 6) is 0. The molecule has 0 aromatic carbocycles. The van der Waals surface area contributed by atoms with Gasteiger partial charge in [0.25, 0.3) is 0 Å². The standard InChI is InChI=1S/Ce.K.2H2O4S/c;;2*1-5(2,3)4/h;;2*(H2,1,2,3,4)/q+3;+1;;/p-4. The molecule has 1 radical (unpaired) electrons. The normalized spacial score (nSPS) is 9.67. The molecule has 0 amide bonds. The van der Waals surface area contributed by atoms with Crippen molar-refractivity contribution in [2.24, 2.45) is 0 Å². The summed E-state index contributed by atoms with van der Waals surface area (Å²) in [5.41, 5.74) is 0. The van der Waals surface area contributed by atoms with Crippen molar-refractivity contribution < 1.29 is 128 Å². The van der Waals surface area contributed by atoms with Gasteiger partial charge >= 0.3 is 93.1 Å². The van der Waals surface area contributed by atoms with E-state index in [1.165, 1.54) is 0 Å². The smallest absolute Gasteiger partial charge is 0.759 e. The van der Waals surface area contributed by atoms with Crippen LogP contribution in [-0.2, 0) is 20.8 Å². The minimum atomic E-state index is -5.17. The van der Waals surface area contributed by atoms with Gasteiger partial charge in [-0.1, -0.05) is 0 Å². The average Bonchev–Trinajstić information content (AvgIpc) is 1.12. The van der Waals surface area contributed by atoms with Crippen molar-refractivity contribution in [1.82, 2.24) is 0 Å². The fourth-order valence-corrected chi connectivity index (χ4v) is 0. The van der Waals surface area contributed by atoms with Crippen LogP contribution in [0.3, 0.4) is 0 Å². The molecule has 0 fully saturated rings. The van der Waals surface area contributed by atoms with Gasteiger partial charge in [0, 0.05) is 20.8 Å². The number of hydrogen-bond acceptors (Lipinski definition) is 8. The van der Waals surface area contributed by atoms with Gasteiger partial charge in [-0.3, -0.25) is 16.8 Å². The fourth-order valence-electron chi connectivity index (χ4n) is 0. The van der Waals surface area contributed by atoms with Gasteiger partial charge < -0.3 is 18.2 Å². The van der Waals surface area contributed by atoms with Crippen LogP contribution < -0.4 is 51.4 Å². The van der Waals surface area contributed by atoms with Crippen LogP contribution in [0.25, 0.3) is 0 Å². The van der Waals surface area contributed by atoms with Gasteiger partial charge in [-0.2, -0.15) is 0 Å². The Morgan fingerprint density at radius 1 is 0.667 bits per heavy atom. The molecule has 0 rings (SSSR count). The zero-order chi connectivity index (χ0) is 9.00. The Balaban J connectivity index is -0.0000000457. The monoisotopic (exact) mass is 371 g/mol. The van der Waals surface area contributed by atoms with Crippen molar-refractivity contribution in [3.63, 3.8) is 0 Å². The largest absolute Gasteiger partial charge is 3.00 e. The van der Waals surface area contributed by atoms with E-state index in [9.17, 15) is 0 Å². The third kappa shape index (κ3) is 232. The molecule has 8 nitrogen and oxygen atoms in total. The summed E-state index contributed by atoms with van der Waals surface area (Å²) in [6.07, 6.45) is 0. The van der Waals surface area contributed by atoms with Gasteiger partial charge in [-0.15, -0.1) is 0 Å². The molecule has 0 aliphatic heterocycles. The van der Waals surface area contributed by atoms with E-state index in [0.29, 0.717) is 0 Å². The zero-order valence-corrected chi connectivity index (χ0v) is 13.5. The molecule has 0 atom stereocenters. The maximum Gasteiger partial charge on any atom is 3.00 e. The fraction of sp³-hybridized carbons (Fsp3) is 0. The predicted octanol–water partition coefficient (Wildman–Crippen LogP) is -5.67. The molecule has 0 N–H and O–H groups in total. The second kappa shape index (κ2) is 10.3. The zero-order valence-electron chi connectivity index (χ0n) is 5.58. The minimum absolute atomic E-state index is 0. The number of rotatable bonds is 0. The Morgan fingerprint density at radius 3 is 0.667 bits per heavy atom. The minimum Gasteiger partial charge on any atom is -0.759 e. The first-order valence-electron chi connectivity index (χ1n) is 1.33. The Hall–Kier alpha value is 2.75. The Bertz CT molecular complexity index is 213. The van der Waals surface area contributed by atoms with Crippen LogP contribution in [0, 0.1) is 41.7 Å². The molecule has 0 spiro atoms. The molecule has 0 saturated heterocycles. The average molecular weight is 371 g/mol. The van der Waals surface area contributed by atoms with Gasteiger partial charge in [-0.25, -0.2) is 0 Å². The molecule has 0 aromatic rings. The molecule has 0 bridgehead atoms.